The van der Waals surface area contributed by atoms with Crippen molar-refractivity contribution in [2.75, 3.05) is 23.0 Å². The highest BCUT2D eigenvalue weighted by molar-refractivity contribution is 6.23. The molecular weight excluding hydrogens is 472 g/mol. The van der Waals surface area contributed by atoms with Crippen LogP contribution in [0, 0.1) is 36.5 Å². The van der Waals surface area contributed by atoms with E-state index in [9.17, 15) is 19.2 Å². The minimum atomic E-state index is -0.587. The number of nitrogens with zero attached hydrogens (tertiary/aromatic N) is 2. The van der Waals surface area contributed by atoms with Gasteiger partial charge in [0.1, 0.15) is 11.5 Å². The minimum absolute atomic E-state index is 0.0744. The molecule has 3 amide bonds. The molecule has 2 aliphatic heterocycles. The molecule has 0 N–H and O–H groups in total. The molecule has 2 saturated heterocycles. The van der Waals surface area contributed by atoms with Gasteiger partial charge in [-0.25, -0.2) is 4.90 Å². The van der Waals surface area contributed by atoms with E-state index < -0.39 is 11.9 Å². The zero-order chi connectivity index (χ0) is 25.8. The van der Waals surface area contributed by atoms with E-state index >= 15 is 0 Å². The number of esters is 1. The fraction of sp³-hybridized carbons (Fsp3) is 0.448. The van der Waals surface area contributed by atoms with Crippen molar-refractivity contribution in [3.05, 3.63) is 48.0 Å². The molecule has 5 atom stereocenters. The fourth-order valence-electron chi connectivity index (χ4n) is 6.79. The maximum Gasteiger partial charge on any atom is 0.316 e. The summed E-state index contributed by atoms with van der Waals surface area (Å²) in [5.74, 6) is -0.0301. The van der Waals surface area contributed by atoms with E-state index in [0.717, 1.165) is 25.0 Å². The highest BCUT2D eigenvalue weighted by atomic mass is 16.5. The van der Waals surface area contributed by atoms with Crippen LogP contribution in [-0.4, -0.2) is 36.8 Å². The van der Waals surface area contributed by atoms with Gasteiger partial charge in [0.2, 0.25) is 17.7 Å². The molecule has 0 aromatic heterocycles. The molecule has 4 fully saturated rings. The Kier molecular flexibility index (Phi) is 5.77. The van der Waals surface area contributed by atoms with Crippen molar-refractivity contribution in [2.24, 2.45) is 29.6 Å². The maximum atomic E-state index is 13.2. The van der Waals surface area contributed by atoms with Gasteiger partial charge in [0.25, 0.3) is 0 Å². The molecule has 2 aromatic rings. The third kappa shape index (κ3) is 3.90. The van der Waals surface area contributed by atoms with Crippen LogP contribution in [0.4, 0.5) is 11.4 Å². The number of imide groups is 1. The second-order valence-corrected chi connectivity index (χ2v) is 10.6. The predicted molar refractivity (Wildman–Crippen MR) is 135 cm³/mol. The molecule has 2 aromatic carbocycles. The molecule has 37 heavy (non-hydrogen) atoms. The lowest BCUT2D eigenvalue weighted by Crippen LogP contribution is -2.33. The van der Waals surface area contributed by atoms with Crippen LogP contribution in [0.1, 0.15) is 38.2 Å². The molecule has 0 unspecified atom stereocenters. The number of aryl methyl sites for hydroxylation is 1. The largest absolute Gasteiger partial charge is 0.494 e. The number of hydrogen-bond acceptors (Lipinski definition) is 6. The highest BCUT2D eigenvalue weighted by Gasteiger charge is 2.61. The zero-order valence-corrected chi connectivity index (χ0v) is 21.0. The molecule has 0 spiro atoms. The lowest BCUT2D eigenvalue weighted by molar-refractivity contribution is -0.139. The number of amides is 3. The Morgan fingerprint density at radius 3 is 2.22 bits per heavy atom. The summed E-state index contributed by atoms with van der Waals surface area (Å²) in [5.41, 5.74) is 1.96. The van der Waals surface area contributed by atoms with Crippen LogP contribution in [0.25, 0.3) is 0 Å². The Bertz CT molecular complexity index is 1260. The lowest BCUT2D eigenvalue weighted by atomic mass is 9.81. The van der Waals surface area contributed by atoms with Crippen molar-refractivity contribution >= 4 is 35.1 Å². The van der Waals surface area contributed by atoms with E-state index in [2.05, 4.69) is 0 Å². The van der Waals surface area contributed by atoms with Gasteiger partial charge in [0.15, 0.2) is 0 Å². The minimum Gasteiger partial charge on any atom is -0.494 e. The molecule has 2 heterocycles. The number of ether oxygens (including phenoxy) is 2. The molecule has 2 bridgehead atoms. The van der Waals surface area contributed by atoms with Gasteiger partial charge in [0.05, 0.1) is 30.0 Å². The molecule has 8 heteroatoms. The highest BCUT2D eigenvalue weighted by Crippen LogP contribution is 2.56. The number of hydrogen-bond donors (Lipinski definition) is 0. The van der Waals surface area contributed by atoms with Crippen molar-refractivity contribution in [1.82, 2.24) is 0 Å². The summed E-state index contributed by atoms with van der Waals surface area (Å²) in [6.45, 7) is 4.51. The topological polar surface area (TPSA) is 93.2 Å². The third-order valence-corrected chi connectivity index (χ3v) is 8.47. The molecule has 2 saturated carbocycles. The summed E-state index contributed by atoms with van der Waals surface area (Å²) >= 11 is 0. The Morgan fingerprint density at radius 2 is 1.59 bits per heavy atom. The van der Waals surface area contributed by atoms with Gasteiger partial charge in [-0.1, -0.05) is 0 Å². The summed E-state index contributed by atoms with van der Waals surface area (Å²) in [6.07, 6.45) is 3.14. The van der Waals surface area contributed by atoms with Crippen LogP contribution in [0.3, 0.4) is 0 Å². The predicted octanol–water partition coefficient (Wildman–Crippen LogP) is 3.89. The summed E-state index contributed by atoms with van der Waals surface area (Å²) in [4.78, 5) is 54.8. The van der Waals surface area contributed by atoms with Crippen LogP contribution in [0.2, 0.25) is 0 Å². The first-order valence-corrected chi connectivity index (χ1v) is 13.1. The molecule has 4 aliphatic rings. The Hall–Kier alpha value is -3.68. The summed E-state index contributed by atoms with van der Waals surface area (Å²) in [7, 11) is 0. The third-order valence-electron chi connectivity index (χ3n) is 8.47. The van der Waals surface area contributed by atoms with E-state index in [1.54, 1.807) is 47.4 Å². The fourth-order valence-corrected chi connectivity index (χ4v) is 6.79. The van der Waals surface area contributed by atoms with E-state index in [1.165, 1.54) is 4.90 Å². The first-order chi connectivity index (χ1) is 17.9. The number of benzene rings is 2. The van der Waals surface area contributed by atoms with Crippen molar-refractivity contribution in [2.45, 2.75) is 39.5 Å². The molecule has 0 radical (unpaired) electrons. The molecule has 192 valence electrons. The lowest BCUT2D eigenvalue weighted by Gasteiger charge is -2.20. The van der Waals surface area contributed by atoms with Gasteiger partial charge in [0, 0.05) is 18.7 Å². The Balaban J connectivity index is 1.13. The van der Waals surface area contributed by atoms with Crippen molar-refractivity contribution in [1.29, 1.82) is 0 Å². The van der Waals surface area contributed by atoms with Crippen LogP contribution < -0.4 is 19.3 Å². The van der Waals surface area contributed by atoms with Crippen molar-refractivity contribution in [3.8, 4) is 11.5 Å². The molecular formula is C29H30N2O6. The average molecular weight is 503 g/mol. The van der Waals surface area contributed by atoms with Crippen molar-refractivity contribution < 1.29 is 28.7 Å². The first kappa shape index (κ1) is 23.7. The van der Waals surface area contributed by atoms with E-state index in [4.69, 9.17) is 9.47 Å². The summed E-state index contributed by atoms with van der Waals surface area (Å²) in [5, 5.41) is 0. The van der Waals surface area contributed by atoms with Gasteiger partial charge in [-0.3, -0.25) is 19.2 Å². The van der Waals surface area contributed by atoms with Crippen LogP contribution in [0.5, 0.6) is 11.5 Å². The number of fused-ring (bicyclic) bond motifs is 5. The monoisotopic (exact) mass is 502 g/mol. The zero-order valence-electron chi connectivity index (χ0n) is 21.0. The van der Waals surface area contributed by atoms with Crippen molar-refractivity contribution in [3.63, 3.8) is 0 Å². The number of anilines is 2. The summed E-state index contributed by atoms with van der Waals surface area (Å²) < 4.78 is 11.1. The van der Waals surface area contributed by atoms with Crippen LogP contribution >= 0.6 is 0 Å². The smallest absolute Gasteiger partial charge is 0.316 e. The summed E-state index contributed by atoms with van der Waals surface area (Å²) in [6, 6.07) is 12.2. The Morgan fingerprint density at radius 1 is 0.946 bits per heavy atom. The first-order valence-electron chi connectivity index (χ1n) is 13.1. The van der Waals surface area contributed by atoms with E-state index in [-0.39, 0.29) is 42.5 Å². The van der Waals surface area contributed by atoms with Gasteiger partial charge in [-0.05, 0) is 93.0 Å². The SMILES string of the molecule is CCOc1ccc(N2C[C@H](C(=O)Oc3ccc(N4C(=O)[C@H]5[C@H]6CC[C@@H](C6)[C@@H]5C4=O)c(C)c3)CC2=O)cc1. The Labute approximate surface area is 215 Å². The van der Waals surface area contributed by atoms with Gasteiger partial charge in [-0.2, -0.15) is 0 Å². The second-order valence-electron chi connectivity index (χ2n) is 10.6. The van der Waals surface area contributed by atoms with Crippen LogP contribution in [-0.2, 0) is 19.2 Å². The number of rotatable bonds is 6. The van der Waals surface area contributed by atoms with Crippen LogP contribution in [0.15, 0.2) is 42.5 Å². The quantitative estimate of drug-likeness (QED) is 0.338. The van der Waals surface area contributed by atoms with Gasteiger partial charge in [-0.15, -0.1) is 0 Å². The number of carbonyl (C=O) groups excluding carboxylic acids is 4. The van der Waals surface area contributed by atoms with Gasteiger partial charge >= 0.3 is 5.97 Å². The second kappa shape index (κ2) is 9.01. The molecule has 2 aliphatic carbocycles. The van der Waals surface area contributed by atoms with E-state index in [1.807, 2.05) is 13.8 Å². The normalized spacial score (nSPS) is 28.3. The van der Waals surface area contributed by atoms with Gasteiger partial charge < -0.3 is 14.4 Å². The standard InChI is InChI=1S/C29H30N2O6/c1-3-36-21-8-6-20(7-9-21)30-15-19(14-24(30)32)29(35)37-22-10-11-23(16(2)12-22)31-27(33)25-17-4-5-18(13-17)26(25)28(31)34/h6-12,17-19,25-26H,3-5,13-15H2,1-2H3/t17-,18-,19+,25-,26-/m0/s1. The number of carbonyl (C=O) groups is 4. The molecule has 6 rings (SSSR count). The van der Waals surface area contributed by atoms with E-state index in [0.29, 0.717) is 41.1 Å². The average Bonchev–Trinajstić information content (AvgIpc) is 3.64. The maximum absolute atomic E-state index is 13.2. The molecule has 8 nitrogen and oxygen atoms in total.